The van der Waals surface area contributed by atoms with Gasteiger partial charge in [-0.15, -0.1) is 0 Å². The molecule has 1 aliphatic rings. The van der Waals surface area contributed by atoms with Gasteiger partial charge in [-0.1, -0.05) is 15.9 Å². The maximum absolute atomic E-state index is 9.36. The van der Waals surface area contributed by atoms with Gasteiger partial charge in [0.1, 0.15) is 6.10 Å². The first-order valence-electron chi connectivity index (χ1n) is 5.20. The predicted octanol–water partition coefficient (Wildman–Crippen LogP) is 2.53. The van der Waals surface area contributed by atoms with Gasteiger partial charge in [-0.25, -0.2) is 4.98 Å². The van der Waals surface area contributed by atoms with Gasteiger partial charge >= 0.3 is 0 Å². The van der Waals surface area contributed by atoms with Crippen LogP contribution in [0.4, 0.5) is 0 Å². The van der Waals surface area contributed by atoms with Crippen molar-refractivity contribution in [1.29, 1.82) is 0 Å². The number of hydrogen-bond acceptors (Lipinski definition) is 3. The van der Waals surface area contributed by atoms with Gasteiger partial charge in [-0.2, -0.15) is 0 Å². The minimum absolute atomic E-state index is 0.139. The normalized spacial score (nSPS) is 26.3. The van der Waals surface area contributed by atoms with Gasteiger partial charge in [0.25, 0.3) is 0 Å². The molecule has 0 amide bonds. The van der Waals surface area contributed by atoms with Crippen LogP contribution in [0.25, 0.3) is 0 Å². The summed E-state index contributed by atoms with van der Waals surface area (Å²) < 4.78 is 6.71. The summed E-state index contributed by atoms with van der Waals surface area (Å²) in [6.07, 6.45) is 5.27. The van der Waals surface area contributed by atoms with Gasteiger partial charge in [-0.05, 0) is 31.7 Å². The van der Waals surface area contributed by atoms with E-state index >= 15 is 0 Å². The molecule has 15 heavy (non-hydrogen) atoms. The lowest BCUT2D eigenvalue weighted by atomic mass is 9.95. The number of pyridine rings is 1. The summed E-state index contributed by atoms with van der Waals surface area (Å²) in [5.74, 6) is 0.658. The van der Waals surface area contributed by atoms with Crippen LogP contribution < -0.4 is 4.74 Å². The topological polar surface area (TPSA) is 42.4 Å². The van der Waals surface area contributed by atoms with Crippen molar-refractivity contribution in [2.45, 2.75) is 37.9 Å². The monoisotopic (exact) mass is 271 g/mol. The molecule has 0 spiro atoms. The maximum atomic E-state index is 9.36. The van der Waals surface area contributed by atoms with Gasteiger partial charge in [-0.3, -0.25) is 0 Å². The first kappa shape index (κ1) is 10.9. The first-order chi connectivity index (χ1) is 7.24. The van der Waals surface area contributed by atoms with E-state index in [-0.39, 0.29) is 12.2 Å². The number of aliphatic hydroxyl groups is 1. The van der Waals surface area contributed by atoms with E-state index in [2.05, 4.69) is 20.9 Å². The van der Waals surface area contributed by atoms with Gasteiger partial charge < -0.3 is 9.84 Å². The third-order valence-corrected chi connectivity index (χ3v) is 3.12. The summed E-state index contributed by atoms with van der Waals surface area (Å²) >= 11 is 3.38. The van der Waals surface area contributed by atoms with Crippen molar-refractivity contribution in [2.75, 3.05) is 0 Å². The molecule has 1 N–H and O–H groups in total. The molecule has 0 unspecified atom stereocenters. The molecule has 1 fully saturated rings. The molecule has 0 bridgehead atoms. The molecule has 82 valence electrons. The van der Waals surface area contributed by atoms with Crippen molar-refractivity contribution in [3.8, 4) is 5.88 Å². The van der Waals surface area contributed by atoms with Crippen LogP contribution in [0.3, 0.4) is 0 Å². The summed E-state index contributed by atoms with van der Waals surface area (Å²) in [6, 6.07) is 3.74. The Morgan fingerprint density at radius 1 is 1.33 bits per heavy atom. The fourth-order valence-corrected chi connectivity index (χ4v) is 2.10. The summed E-state index contributed by atoms with van der Waals surface area (Å²) in [7, 11) is 0. The first-order valence-corrected chi connectivity index (χ1v) is 5.99. The largest absolute Gasteiger partial charge is 0.474 e. The van der Waals surface area contributed by atoms with Crippen molar-refractivity contribution in [1.82, 2.24) is 4.98 Å². The lowest BCUT2D eigenvalue weighted by Crippen LogP contribution is -2.26. The summed E-state index contributed by atoms with van der Waals surface area (Å²) in [6.45, 7) is 0. The Bertz CT molecular complexity index is 324. The highest BCUT2D eigenvalue weighted by atomic mass is 79.9. The van der Waals surface area contributed by atoms with Crippen molar-refractivity contribution >= 4 is 15.9 Å². The summed E-state index contributed by atoms with van der Waals surface area (Å²) in [4.78, 5) is 4.14. The van der Waals surface area contributed by atoms with E-state index < -0.39 is 0 Å². The van der Waals surface area contributed by atoms with Gasteiger partial charge in [0, 0.05) is 16.7 Å². The molecule has 1 aromatic rings. The minimum Gasteiger partial charge on any atom is -0.474 e. The lowest BCUT2D eigenvalue weighted by Gasteiger charge is -2.25. The zero-order valence-corrected chi connectivity index (χ0v) is 9.98. The molecule has 0 atom stereocenters. The second kappa shape index (κ2) is 4.94. The fraction of sp³-hybridized carbons (Fsp3) is 0.545. The van der Waals surface area contributed by atoms with Crippen molar-refractivity contribution in [3.63, 3.8) is 0 Å². The highest BCUT2D eigenvalue weighted by molar-refractivity contribution is 9.10. The van der Waals surface area contributed by atoms with E-state index in [9.17, 15) is 5.11 Å². The SMILES string of the molecule is O[C@H]1CC[C@H](Oc2cc(Br)ccn2)CC1. The summed E-state index contributed by atoms with van der Waals surface area (Å²) in [5, 5.41) is 9.36. The highest BCUT2D eigenvalue weighted by Gasteiger charge is 2.20. The molecule has 2 rings (SSSR count). The Labute approximate surface area is 97.6 Å². The average Bonchev–Trinajstić information content (AvgIpc) is 2.22. The van der Waals surface area contributed by atoms with E-state index in [1.165, 1.54) is 0 Å². The smallest absolute Gasteiger partial charge is 0.214 e. The lowest BCUT2D eigenvalue weighted by molar-refractivity contribution is 0.0643. The Morgan fingerprint density at radius 2 is 2.07 bits per heavy atom. The number of rotatable bonds is 2. The number of aliphatic hydroxyl groups excluding tert-OH is 1. The zero-order chi connectivity index (χ0) is 10.7. The van der Waals surface area contributed by atoms with Crippen LogP contribution in [0.5, 0.6) is 5.88 Å². The highest BCUT2D eigenvalue weighted by Crippen LogP contribution is 2.23. The predicted molar refractivity (Wildman–Crippen MR) is 60.8 cm³/mol. The van der Waals surface area contributed by atoms with Crippen LogP contribution >= 0.6 is 15.9 Å². The zero-order valence-electron chi connectivity index (χ0n) is 8.40. The van der Waals surface area contributed by atoms with Crippen LogP contribution in [0.2, 0.25) is 0 Å². The number of hydrogen-bond donors (Lipinski definition) is 1. The van der Waals surface area contributed by atoms with Gasteiger partial charge in [0.05, 0.1) is 6.10 Å². The molecular weight excluding hydrogens is 258 g/mol. The standard InChI is InChI=1S/C11H14BrNO2/c12-8-5-6-13-11(7-8)15-10-3-1-9(14)2-4-10/h5-7,9-10,14H,1-4H2/t9-,10-. The molecule has 0 aromatic carbocycles. The van der Waals surface area contributed by atoms with Crippen LogP contribution in [0, 0.1) is 0 Å². The number of ether oxygens (including phenoxy) is 1. The van der Waals surface area contributed by atoms with Gasteiger partial charge in [0.2, 0.25) is 5.88 Å². The average molecular weight is 272 g/mol. The minimum atomic E-state index is -0.139. The van der Waals surface area contributed by atoms with E-state index in [1.807, 2.05) is 12.1 Å². The molecule has 4 heteroatoms. The Hall–Kier alpha value is -0.610. The van der Waals surface area contributed by atoms with Gasteiger partial charge in [0.15, 0.2) is 0 Å². The molecule has 3 nitrogen and oxygen atoms in total. The molecule has 1 aliphatic carbocycles. The van der Waals surface area contributed by atoms with Crippen LogP contribution in [0.1, 0.15) is 25.7 Å². The third-order valence-electron chi connectivity index (χ3n) is 2.63. The molecule has 0 aliphatic heterocycles. The molecule has 0 radical (unpaired) electrons. The Kier molecular flexibility index (Phi) is 3.59. The van der Waals surface area contributed by atoms with E-state index in [4.69, 9.17) is 4.74 Å². The fourth-order valence-electron chi connectivity index (χ4n) is 1.78. The molecule has 1 aromatic heterocycles. The van der Waals surface area contributed by atoms with Crippen LogP contribution in [0.15, 0.2) is 22.8 Å². The Balaban J connectivity index is 1.92. The number of aromatic nitrogens is 1. The van der Waals surface area contributed by atoms with E-state index in [0.717, 1.165) is 30.2 Å². The molecule has 1 saturated carbocycles. The molecule has 1 heterocycles. The van der Waals surface area contributed by atoms with Crippen molar-refractivity contribution in [2.24, 2.45) is 0 Å². The van der Waals surface area contributed by atoms with Crippen molar-refractivity contribution < 1.29 is 9.84 Å². The molecule has 0 saturated heterocycles. The quantitative estimate of drug-likeness (QED) is 0.899. The van der Waals surface area contributed by atoms with E-state index in [0.29, 0.717) is 5.88 Å². The second-order valence-electron chi connectivity index (χ2n) is 3.86. The summed E-state index contributed by atoms with van der Waals surface area (Å²) in [5.41, 5.74) is 0. The Morgan fingerprint density at radius 3 is 2.73 bits per heavy atom. The maximum Gasteiger partial charge on any atom is 0.214 e. The third kappa shape index (κ3) is 3.18. The van der Waals surface area contributed by atoms with Crippen LogP contribution in [-0.4, -0.2) is 22.3 Å². The van der Waals surface area contributed by atoms with E-state index in [1.54, 1.807) is 6.20 Å². The molecular formula is C11H14BrNO2. The number of nitrogens with zero attached hydrogens (tertiary/aromatic N) is 1. The second-order valence-corrected chi connectivity index (χ2v) is 4.78. The number of halogens is 1. The van der Waals surface area contributed by atoms with Crippen molar-refractivity contribution in [3.05, 3.63) is 22.8 Å². The van der Waals surface area contributed by atoms with Crippen LogP contribution in [-0.2, 0) is 0 Å².